The Balaban J connectivity index is 2.18. The first-order valence-electron chi connectivity index (χ1n) is 7.82. The van der Waals surface area contributed by atoms with Crippen LogP contribution in [0.3, 0.4) is 0 Å². The number of nitrogens with two attached hydrogens (primary N) is 1. The molecule has 3 rings (SSSR count). The van der Waals surface area contributed by atoms with Gasteiger partial charge in [0.2, 0.25) is 0 Å². The van der Waals surface area contributed by atoms with Crippen molar-refractivity contribution in [3.8, 4) is 11.5 Å². The number of benzene rings is 1. The van der Waals surface area contributed by atoms with E-state index in [0.717, 1.165) is 46.7 Å². The van der Waals surface area contributed by atoms with Gasteiger partial charge in [-0.25, -0.2) is 0 Å². The van der Waals surface area contributed by atoms with Crippen molar-refractivity contribution < 1.29 is 9.47 Å². The molecule has 1 aromatic carbocycles. The van der Waals surface area contributed by atoms with Crippen molar-refractivity contribution >= 4 is 11.4 Å². The Kier molecular flexibility index (Phi) is 4.51. The highest BCUT2D eigenvalue weighted by atomic mass is 16.5. The van der Waals surface area contributed by atoms with Crippen LogP contribution in [0.25, 0.3) is 0 Å². The molecule has 0 radical (unpaired) electrons. The van der Waals surface area contributed by atoms with E-state index >= 15 is 0 Å². The van der Waals surface area contributed by atoms with Gasteiger partial charge in [0, 0.05) is 35.4 Å². The summed E-state index contributed by atoms with van der Waals surface area (Å²) in [6.45, 7) is 1.97. The number of rotatable bonds is 3. The van der Waals surface area contributed by atoms with Gasteiger partial charge < -0.3 is 15.2 Å². The number of nitrogens with zero attached hydrogens (tertiary/aromatic N) is 2. The summed E-state index contributed by atoms with van der Waals surface area (Å²) in [4.78, 5) is 0. The van der Waals surface area contributed by atoms with Crippen LogP contribution in [0, 0.1) is 0 Å². The molecule has 0 spiro atoms. The van der Waals surface area contributed by atoms with E-state index < -0.39 is 0 Å². The van der Waals surface area contributed by atoms with E-state index in [1.165, 1.54) is 0 Å². The average molecular weight is 323 g/mol. The number of ether oxygens (including phenoxy) is 2. The molecule has 0 saturated carbocycles. The molecule has 2 aliphatic rings. The van der Waals surface area contributed by atoms with Crippen LogP contribution in [0.2, 0.25) is 0 Å². The summed E-state index contributed by atoms with van der Waals surface area (Å²) in [7, 11) is 3.27. The number of hydrogen-bond acceptors (Lipinski definition) is 5. The number of hydrogen-bond donors (Lipinski definition) is 1. The smallest absolute Gasteiger partial charge is 0.161 e. The Hall–Kier alpha value is -2.82. The fourth-order valence-electron chi connectivity index (χ4n) is 2.80. The van der Waals surface area contributed by atoms with E-state index in [0.29, 0.717) is 11.5 Å². The van der Waals surface area contributed by atoms with Crippen molar-refractivity contribution in [3.05, 3.63) is 58.8 Å². The van der Waals surface area contributed by atoms with Crippen molar-refractivity contribution in [2.45, 2.75) is 19.8 Å². The lowest BCUT2D eigenvalue weighted by Gasteiger charge is -2.15. The van der Waals surface area contributed by atoms with Crippen LogP contribution < -0.4 is 15.2 Å². The Morgan fingerprint density at radius 2 is 1.79 bits per heavy atom. The van der Waals surface area contributed by atoms with Gasteiger partial charge in [-0.1, -0.05) is 18.2 Å². The van der Waals surface area contributed by atoms with Gasteiger partial charge in [0.15, 0.2) is 11.5 Å². The van der Waals surface area contributed by atoms with Crippen molar-refractivity contribution in [1.82, 2.24) is 0 Å². The third kappa shape index (κ3) is 3.11. The minimum atomic E-state index is 0.678. The maximum Gasteiger partial charge on any atom is 0.161 e. The molecule has 1 heterocycles. The summed E-state index contributed by atoms with van der Waals surface area (Å²) in [5, 5.41) is 8.84. The first-order valence-corrected chi connectivity index (χ1v) is 7.82. The molecule has 0 amide bonds. The van der Waals surface area contributed by atoms with Gasteiger partial charge in [0.1, 0.15) is 5.71 Å². The van der Waals surface area contributed by atoms with Crippen molar-refractivity contribution in [1.29, 1.82) is 0 Å². The Morgan fingerprint density at radius 3 is 2.54 bits per heavy atom. The van der Waals surface area contributed by atoms with E-state index in [4.69, 9.17) is 15.2 Å². The van der Waals surface area contributed by atoms with E-state index in [1.807, 2.05) is 43.4 Å². The maximum atomic E-state index is 5.92. The number of allylic oxidation sites excluding steroid dienone is 5. The van der Waals surface area contributed by atoms with Crippen LogP contribution in [0.4, 0.5) is 0 Å². The second-order valence-electron chi connectivity index (χ2n) is 5.80. The van der Waals surface area contributed by atoms with E-state index in [-0.39, 0.29) is 0 Å². The van der Waals surface area contributed by atoms with E-state index in [2.05, 4.69) is 10.2 Å². The Morgan fingerprint density at radius 1 is 1.04 bits per heavy atom. The van der Waals surface area contributed by atoms with Gasteiger partial charge >= 0.3 is 0 Å². The van der Waals surface area contributed by atoms with Crippen molar-refractivity contribution in [2.75, 3.05) is 14.2 Å². The fraction of sp³-hybridized carbons (Fsp3) is 0.263. The first kappa shape index (κ1) is 16.1. The molecule has 0 atom stereocenters. The number of fused-ring (bicyclic) bond motifs is 1. The molecule has 0 bridgehead atoms. The molecule has 0 saturated heterocycles. The zero-order chi connectivity index (χ0) is 17.1. The van der Waals surface area contributed by atoms with Crippen LogP contribution in [0.5, 0.6) is 11.5 Å². The topological polar surface area (TPSA) is 69.2 Å². The van der Waals surface area contributed by atoms with Gasteiger partial charge in [0.25, 0.3) is 0 Å². The average Bonchev–Trinajstić information content (AvgIpc) is 2.88. The number of methoxy groups -OCH3 is 2. The van der Waals surface area contributed by atoms with Gasteiger partial charge in [-0.2, -0.15) is 5.10 Å². The van der Waals surface area contributed by atoms with Crippen LogP contribution in [-0.2, 0) is 6.42 Å². The Bertz CT molecular complexity index is 814. The molecular weight excluding hydrogens is 302 g/mol. The van der Waals surface area contributed by atoms with Crippen LogP contribution >= 0.6 is 0 Å². The molecule has 0 unspecified atom stereocenters. The Labute approximate surface area is 141 Å². The normalized spacial score (nSPS) is 16.8. The minimum absolute atomic E-state index is 0.678. The lowest BCUT2D eigenvalue weighted by molar-refractivity contribution is 0.354. The summed E-state index contributed by atoms with van der Waals surface area (Å²) in [5.41, 5.74) is 11.6. The first-order chi connectivity index (χ1) is 11.6. The highest BCUT2D eigenvalue weighted by Crippen LogP contribution is 2.33. The molecule has 24 heavy (non-hydrogen) atoms. The van der Waals surface area contributed by atoms with Crippen molar-refractivity contribution in [2.24, 2.45) is 15.9 Å². The summed E-state index contributed by atoms with van der Waals surface area (Å²) < 4.78 is 10.9. The monoisotopic (exact) mass is 323 g/mol. The van der Waals surface area contributed by atoms with Crippen LogP contribution in [0.15, 0.2) is 57.9 Å². The minimum Gasteiger partial charge on any atom is -0.493 e. The van der Waals surface area contributed by atoms with Gasteiger partial charge in [0.05, 0.1) is 14.2 Å². The largest absolute Gasteiger partial charge is 0.493 e. The quantitative estimate of drug-likeness (QED) is 0.929. The summed E-state index contributed by atoms with van der Waals surface area (Å²) in [6, 6.07) is 3.97. The van der Waals surface area contributed by atoms with Crippen molar-refractivity contribution in [3.63, 3.8) is 0 Å². The van der Waals surface area contributed by atoms with E-state index in [9.17, 15) is 0 Å². The van der Waals surface area contributed by atoms with Gasteiger partial charge in [-0.15, -0.1) is 5.10 Å². The molecule has 1 aromatic rings. The predicted octanol–water partition coefficient (Wildman–Crippen LogP) is 3.15. The van der Waals surface area contributed by atoms with Gasteiger partial charge in [-0.05, 0) is 30.7 Å². The summed E-state index contributed by atoms with van der Waals surface area (Å²) >= 11 is 0. The SMILES string of the molecule is COc1cc2c(cc1OC)C(C1=CC=C(N)CC=C1)=NN=C(C)C2. The molecular formula is C19H21N3O2. The molecule has 2 N–H and O–H groups in total. The standard InChI is InChI=1S/C19H21N3O2/c1-12-9-14-10-17(23-2)18(24-3)11-16(14)19(22-21-12)13-5-4-6-15(20)8-7-13/h4-5,7-8,10-11H,6,9,20H2,1-3H3. The molecule has 5 heteroatoms. The third-order valence-electron chi connectivity index (χ3n) is 4.03. The highest BCUT2D eigenvalue weighted by Gasteiger charge is 2.20. The predicted molar refractivity (Wildman–Crippen MR) is 97.0 cm³/mol. The second-order valence-corrected chi connectivity index (χ2v) is 5.80. The third-order valence-corrected chi connectivity index (χ3v) is 4.03. The summed E-state index contributed by atoms with van der Waals surface area (Å²) in [5.74, 6) is 1.39. The second kappa shape index (κ2) is 6.74. The van der Waals surface area contributed by atoms with Crippen LogP contribution in [-0.4, -0.2) is 25.6 Å². The molecule has 0 fully saturated rings. The lowest BCUT2D eigenvalue weighted by atomic mass is 9.94. The lowest BCUT2D eigenvalue weighted by Crippen LogP contribution is -2.08. The molecule has 5 nitrogen and oxygen atoms in total. The van der Waals surface area contributed by atoms with E-state index in [1.54, 1.807) is 14.2 Å². The molecule has 0 aromatic heterocycles. The highest BCUT2D eigenvalue weighted by molar-refractivity contribution is 6.16. The van der Waals surface area contributed by atoms with Crippen LogP contribution in [0.1, 0.15) is 24.5 Å². The molecule has 1 aliphatic carbocycles. The zero-order valence-electron chi connectivity index (χ0n) is 14.2. The molecule has 124 valence electrons. The molecule has 1 aliphatic heterocycles. The van der Waals surface area contributed by atoms with Gasteiger partial charge in [-0.3, -0.25) is 0 Å². The zero-order valence-corrected chi connectivity index (χ0v) is 14.2. The maximum absolute atomic E-state index is 5.92. The fourth-order valence-corrected chi connectivity index (χ4v) is 2.80. The summed E-state index contributed by atoms with van der Waals surface area (Å²) in [6.07, 6.45) is 9.42.